The Morgan fingerprint density at radius 1 is 1.27 bits per heavy atom. The van der Waals surface area contributed by atoms with E-state index in [9.17, 15) is 14.3 Å². The van der Waals surface area contributed by atoms with Crippen LogP contribution in [0.25, 0.3) is 21.6 Å². The maximum Gasteiger partial charge on any atom is 0.234 e. The number of aromatic nitrogens is 5. The first kappa shape index (κ1) is 21.4. The molecular formula is C21H21FN8O2S. The molecule has 12 heteroatoms. The molecule has 170 valence electrons. The van der Waals surface area contributed by atoms with Crippen LogP contribution in [0.2, 0.25) is 0 Å². The molecule has 5 rings (SSSR count). The standard InChI is InChI=1S/C21H21FN8O2S/c22-13-2-1-3-24-19(13)17-9-26-21(33-17)28-18-7-15-14(8-25-18)27-11-30(15)5-4-29-10-12(31)6-16(29)20(23)32/h1-3,7-9,11-12,16,31H,4-6,10H2,(H2,23,32)(H,25,26,28). The second-order valence-electron chi connectivity index (χ2n) is 7.79. The van der Waals surface area contributed by atoms with E-state index in [1.54, 1.807) is 24.8 Å². The highest BCUT2D eigenvalue weighted by molar-refractivity contribution is 7.18. The van der Waals surface area contributed by atoms with E-state index in [0.29, 0.717) is 41.9 Å². The Balaban J connectivity index is 1.32. The number of likely N-dealkylation sites (tertiary alicyclic amines) is 1. The fourth-order valence-electron chi connectivity index (χ4n) is 3.98. The summed E-state index contributed by atoms with van der Waals surface area (Å²) < 4.78 is 16.0. The number of fused-ring (bicyclic) bond motifs is 1. The topological polar surface area (TPSA) is 135 Å². The van der Waals surface area contributed by atoms with Crippen molar-refractivity contribution in [3.05, 3.63) is 48.9 Å². The largest absolute Gasteiger partial charge is 0.392 e. The van der Waals surface area contributed by atoms with Crippen LogP contribution in [-0.2, 0) is 11.3 Å². The smallest absolute Gasteiger partial charge is 0.234 e. The van der Waals surface area contributed by atoms with Gasteiger partial charge >= 0.3 is 0 Å². The van der Waals surface area contributed by atoms with E-state index < -0.39 is 23.9 Å². The quantitative estimate of drug-likeness (QED) is 0.373. The zero-order chi connectivity index (χ0) is 22.9. The van der Waals surface area contributed by atoms with Crippen LogP contribution in [0.3, 0.4) is 0 Å². The van der Waals surface area contributed by atoms with E-state index in [4.69, 9.17) is 5.73 Å². The van der Waals surface area contributed by atoms with E-state index >= 15 is 0 Å². The first-order valence-corrected chi connectivity index (χ1v) is 11.2. The summed E-state index contributed by atoms with van der Waals surface area (Å²) in [4.78, 5) is 31.3. The molecule has 0 aromatic carbocycles. The number of thiazole rings is 1. The van der Waals surface area contributed by atoms with Crippen molar-refractivity contribution in [1.82, 2.24) is 29.4 Å². The van der Waals surface area contributed by atoms with Gasteiger partial charge in [0.05, 0.1) is 35.1 Å². The number of nitrogens with zero attached hydrogens (tertiary/aromatic N) is 6. The summed E-state index contributed by atoms with van der Waals surface area (Å²) in [6.45, 7) is 1.53. The lowest BCUT2D eigenvalue weighted by Crippen LogP contribution is -2.41. The summed E-state index contributed by atoms with van der Waals surface area (Å²) in [5.41, 5.74) is 7.31. The number of aliphatic hydroxyl groups excluding tert-OH is 1. The molecule has 2 unspecified atom stereocenters. The zero-order valence-electron chi connectivity index (χ0n) is 17.4. The molecule has 5 heterocycles. The van der Waals surface area contributed by atoms with Crippen molar-refractivity contribution < 1.29 is 14.3 Å². The first-order chi connectivity index (χ1) is 16.0. The van der Waals surface area contributed by atoms with E-state index in [1.165, 1.54) is 23.6 Å². The lowest BCUT2D eigenvalue weighted by atomic mass is 10.2. The SMILES string of the molecule is NC(=O)C1CC(O)CN1CCn1cnc2cnc(Nc3ncc(-c4ncccc4F)s3)cc21. The van der Waals surface area contributed by atoms with Crippen molar-refractivity contribution in [3.63, 3.8) is 0 Å². The highest BCUT2D eigenvalue weighted by Crippen LogP contribution is 2.31. The molecule has 0 radical (unpaired) electrons. The number of hydrogen-bond donors (Lipinski definition) is 3. The third kappa shape index (κ3) is 4.40. The van der Waals surface area contributed by atoms with Crippen molar-refractivity contribution in [2.24, 2.45) is 5.73 Å². The normalized spacial score (nSPS) is 18.7. The molecule has 4 aromatic heterocycles. The van der Waals surface area contributed by atoms with Crippen LogP contribution in [0.5, 0.6) is 0 Å². The minimum atomic E-state index is -0.551. The van der Waals surface area contributed by atoms with Gasteiger partial charge in [0.25, 0.3) is 0 Å². The molecule has 1 amide bonds. The number of nitrogens with one attached hydrogen (secondary N) is 1. The summed E-state index contributed by atoms with van der Waals surface area (Å²) in [6, 6.07) is 4.30. The highest BCUT2D eigenvalue weighted by Gasteiger charge is 2.34. The van der Waals surface area contributed by atoms with Crippen molar-refractivity contribution in [2.75, 3.05) is 18.4 Å². The number of pyridine rings is 2. The van der Waals surface area contributed by atoms with Crippen molar-refractivity contribution in [3.8, 4) is 10.6 Å². The number of amides is 1. The van der Waals surface area contributed by atoms with Gasteiger partial charge in [-0.25, -0.2) is 19.3 Å². The summed E-state index contributed by atoms with van der Waals surface area (Å²) in [5.74, 6) is -0.260. The van der Waals surface area contributed by atoms with Crippen molar-refractivity contribution >= 4 is 39.2 Å². The van der Waals surface area contributed by atoms with Crippen LogP contribution in [0.4, 0.5) is 15.3 Å². The third-order valence-electron chi connectivity index (χ3n) is 5.58. The molecule has 0 aliphatic carbocycles. The number of imidazole rings is 1. The zero-order valence-corrected chi connectivity index (χ0v) is 18.2. The number of nitrogens with two attached hydrogens (primary N) is 1. The van der Waals surface area contributed by atoms with Gasteiger partial charge < -0.3 is 20.7 Å². The maximum atomic E-state index is 14.0. The van der Waals surface area contributed by atoms with Gasteiger partial charge in [0.15, 0.2) is 5.13 Å². The van der Waals surface area contributed by atoms with Gasteiger partial charge in [-0.05, 0) is 18.6 Å². The van der Waals surface area contributed by atoms with Crippen molar-refractivity contribution in [2.45, 2.75) is 25.1 Å². The Bertz CT molecular complexity index is 1310. The van der Waals surface area contributed by atoms with Crippen LogP contribution in [0, 0.1) is 5.82 Å². The molecule has 4 aromatic rings. The van der Waals surface area contributed by atoms with Crippen molar-refractivity contribution in [1.29, 1.82) is 0 Å². The minimum Gasteiger partial charge on any atom is -0.392 e. The number of halogens is 1. The fourth-order valence-corrected chi connectivity index (χ4v) is 4.81. The highest BCUT2D eigenvalue weighted by atomic mass is 32.1. The summed E-state index contributed by atoms with van der Waals surface area (Å²) >= 11 is 1.28. The Kier molecular flexibility index (Phi) is 5.70. The summed E-state index contributed by atoms with van der Waals surface area (Å²) in [7, 11) is 0. The van der Waals surface area contributed by atoms with Gasteiger partial charge in [-0.15, -0.1) is 0 Å². The van der Waals surface area contributed by atoms with E-state index in [1.807, 2.05) is 15.5 Å². The van der Waals surface area contributed by atoms with Gasteiger partial charge in [0, 0.05) is 38.1 Å². The number of carbonyl (C=O) groups excluding carboxylic acids is 1. The molecule has 0 spiro atoms. The van der Waals surface area contributed by atoms with Gasteiger partial charge in [-0.1, -0.05) is 11.3 Å². The van der Waals surface area contributed by atoms with Crippen LogP contribution in [0.1, 0.15) is 6.42 Å². The van der Waals surface area contributed by atoms with Crippen LogP contribution >= 0.6 is 11.3 Å². The second kappa shape index (κ2) is 8.81. The number of hydrogen-bond acceptors (Lipinski definition) is 9. The number of anilines is 2. The Hall–Kier alpha value is -3.48. The molecule has 10 nitrogen and oxygen atoms in total. The van der Waals surface area contributed by atoms with Gasteiger partial charge in [-0.3, -0.25) is 14.7 Å². The molecule has 1 aliphatic rings. The molecule has 33 heavy (non-hydrogen) atoms. The van der Waals surface area contributed by atoms with Crippen LogP contribution in [-0.4, -0.2) is 65.7 Å². The van der Waals surface area contributed by atoms with Crippen LogP contribution < -0.4 is 11.1 Å². The molecule has 1 saturated heterocycles. The predicted octanol–water partition coefficient (Wildman–Crippen LogP) is 1.75. The Morgan fingerprint density at radius 2 is 2.15 bits per heavy atom. The molecule has 0 bridgehead atoms. The Labute approximate surface area is 191 Å². The number of primary amides is 1. The number of aliphatic hydroxyl groups is 1. The average Bonchev–Trinajstić information content (AvgIpc) is 3.51. The fraction of sp³-hybridized carbons (Fsp3) is 0.286. The molecule has 0 saturated carbocycles. The number of carbonyl (C=O) groups is 1. The van der Waals surface area contributed by atoms with E-state index in [-0.39, 0.29) is 5.69 Å². The predicted molar refractivity (Wildman–Crippen MR) is 121 cm³/mol. The monoisotopic (exact) mass is 468 g/mol. The third-order valence-corrected chi connectivity index (χ3v) is 6.50. The molecule has 4 N–H and O–H groups in total. The lowest BCUT2D eigenvalue weighted by molar-refractivity contribution is -0.122. The maximum absolute atomic E-state index is 14.0. The van der Waals surface area contributed by atoms with Gasteiger partial charge in [0.1, 0.15) is 22.8 Å². The number of rotatable bonds is 7. The average molecular weight is 469 g/mol. The van der Waals surface area contributed by atoms with E-state index in [0.717, 1.165) is 11.0 Å². The molecule has 2 atom stereocenters. The van der Waals surface area contributed by atoms with Gasteiger partial charge in [0.2, 0.25) is 5.91 Å². The molecule has 1 fully saturated rings. The molecular weight excluding hydrogens is 447 g/mol. The van der Waals surface area contributed by atoms with Crippen LogP contribution in [0.15, 0.2) is 43.1 Å². The minimum absolute atomic E-state index is 0.255. The van der Waals surface area contributed by atoms with E-state index in [2.05, 4.69) is 25.3 Å². The summed E-state index contributed by atoms with van der Waals surface area (Å²) in [5, 5.41) is 13.6. The first-order valence-electron chi connectivity index (χ1n) is 10.3. The Morgan fingerprint density at radius 3 is 2.97 bits per heavy atom. The molecule has 1 aliphatic heterocycles. The lowest BCUT2D eigenvalue weighted by Gasteiger charge is -2.21. The van der Waals surface area contributed by atoms with Gasteiger partial charge in [-0.2, -0.15) is 0 Å². The second-order valence-corrected chi connectivity index (χ2v) is 8.82. The number of β-amino-alcohol motifs (C(OH)–C–C–N with tert-alkyl or cyclic N) is 1. The summed E-state index contributed by atoms with van der Waals surface area (Å²) in [6.07, 6.45) is 6.29.